The number of carbonyl (C=O) groups is 1. The molecule has 0 unspecified atom stereocenters. The number of hydrogen-bond acceptors (Lipinski definition) is 4. The van der Waals surface area contributed by atoms with E-state index in [0.717, 1.165) is 0 Å². The number of ether oxygens (including phenoxy) is 1. The van der Waals surface area contributed by atoms with Crippen LogP contribution < -0.4 is 4.74 Å². The van der Waals surface area contributed by atoms with Crippen molar-refractivity contribution < 1.29 is 17.9 Å². The van der Waals surface area contributed by atoms with Gasteiger partial charge in [0.25, 0.3) is 9.05 Å². The van der Waals surface area contributed by atoms with Crippen LogP contribution in [0.1, 0.15) is 18.9 Å². The van der Waals surface area contributed by atoms with E-state index in [0.29, 0.717) is 5.56 Å². The Bertz CT molecular complexity index is 508. The van der Waals surface area contributed by atoms with Crippen molar-refractivity contribution in [2.75, 3.05) is 0 Å². The predicted molar refractivity (Wildman–Crippen MR) is 60.1 cm³/mol. The molecular weight excluding hydrogens is 252 g/mol. The van der Waals surface area contributed by atoms with Crippen molar-refractivity contribution in [3.63, 3.8) is 0 Å². The van der Waals surface area contributed by atoms with Crippen LogP contribution in [0, 0.1) is 6.92 Å². The van der Waals surface area contributed by atoms with Gasteiger partial charge in [-0.2, -0.15) is 0 Å². The first kappa shape index (κ1) is 13.0. The van der Waals surface area contributed by atoms with Crippen molar-refractivity contribution in [2.24, 2.45) is 0 Å². The highest BCUT2D eigenvalue weighted by molar-refractivity contribution is 8.13. The number of aryl methyl sites for hydroxylation is 1. The van der Waals surface area contributed by atoms with Crippen LogP contribution in [0.2, 0.25) is 0 Å². The van der Waals surface area contributed by atoms with Crippen LogP contribution in [-0.4, -0.2) is 14.4 Å². The van der Waals surface area contributed by atoms with Crippen LogP contribution >= 0.6 is 10.7 Å². The molecule has 1 aromatic rings. The fourth-order valence-electron chi connectivity index (χ4n) is 1.12. The lowest BCUT2D eigenvalue weighted by Gasteiger charge is -2.05. The van der Waals surface area contributed by atoms with E-state index in [1.54, 1.807) is 19.9 Å². The summed E-state index contributed by atoms with van der Waals surface area (Å²) in [5.41, 5.74) is 0.653. The van der Waals surface area contributed by atoms with Crippen molar-refractivity contribution >= 4 is 25.7 Å². The van der Waals surface area contributed by atoms with E-state index >= 15 is 0 Å². The van der Waals surface area contributed by atoms with E-state index in [1.807, 2.05) is 0 Å². The van der Waals surface area contributed by atoms with Gasteiger partial charge in [-0.15, -0.1) is 0 Å². The lowest BCUT2D eigenvalue weighted by Crippen LogP contribution is -2.06. The Morgan fingerprint density at radius 3 is 2.50 bits per heavy atom. The van der Waals surface area contributed by atoms with Crippen LogP contribution in [-0.2, 0) is 13.8 Å². The lowest BCUT2D eigenvalue weighted by molar-refractivity contribution is -0.134. The first-order valence-electron chi connectivity index (χ1n) is 4.60. The quantitative estimate of drug-likeness (QED) is 0.476. The summed E-state index contributed by atoms with van der Waals surface area (Å²) in [6, 6.07) is 4.20. The van der Waals surface area contributed by atoms with Gasteiger partial charge in [0.15, 0.2) is 0 Å². The molecule has 4 nitrogen and oxygen atoms in total. The summed E-state index contributed by atoms with van der Waals surface area (Å²) in [6.45, 7) is 3.34. The summed E-state index contributed by atoms with van der Waals surface area (Å²) in [6.07, 6.45) is 0.219. The highest BCUT2D eigenvalue weighted by Crippen LogP contribution is 2.23. The van der Waals surface area contributed by atoms with Crippen molar-refractivity contribution in [1.82, 2.24) is 0 Å². The normalized spacial score (nSPS) is 11.2. The molecule has 0 atom stereocenters. The van der Waals surface area contributed by atoms with Crippen LogP contribution in [0.15, 0.2) is 23.1 Å². The number of carbonyl (C=O) groups excluding carboxylic acids is 1. The molecule has 0 aliphatic carbocycles. The Balaban J connectivity index is 3.14. The van der Waals surface area contributed by atoms with Crippen molar-refractivity contribution in [2.45, 2.75) is 25.2 Å². The van der Waals surface area contributed by atoms with Crippen LogP contribution in [0.25, 0.3) is 0 Å². The smallest absolute Gasteiger partial charge is 0.310 e. The molecule has 0 fully saturated rings. The van der Waals surface area contributed by atoms with Gasteiger partial charge in [-0.05, 0) is 24.6 Å². The van der Waals surface area contributed by atoms with Crippen LogP contribution in [0.4, 0.5) is 0 Å². The molecular formula is C10H11ClO4S. The van der Waals surface area contributed by atoms with E-state index in [1.165, 1.54) is 12.1 Å². The standard InChI is InChI=1S/C10H11ClO4S/c1-3-10(12)15-8-4-7(2)5-9(6-8)16(11,13)14/h4-6H,3H2,1-2H3. The fourth-order valence-corrected chi connectivity index (χ4v) is 1.97. The zero-order valence-corrected chi connectivity index (χ0v) is 10.4. The van der Waals surface area contributed by atoms with Gasteiger partial charge in [-0.3, -0.25) is 4.79 Å². The Morgan fingerprint density at radius 1 is 1.38 bits per heavy atom. The molecule has 0 bridgehead atoms. The maximum absolute atomic E-state index is 11.1. The third-order valence-electron chi connectivity index (χ3n) is 1.83. The molecule has 1 aromatic carbocycles. The summed E-state index contributed by atoms with van der Waals surface area (Å²) >= 11 is 0. The maximum Gasteiger partial charge on any atom is 0.310 e. The fraction of sp³-hybridized carbons (Fsp3) is 0.300. The third kappa shape index (κ3) is 3.50. The number of rotatable bonds is 3. The molecule has 0 aromatic heterocycles. The first-order valence-corrected chi connectivity index (χ1v) is 6.91. The van der Waals surface area contributed by atoms with Crippen molar-refractivity contribution in [3.8, 4) is 5.75 Å². The molecule has 0 amide bonds. The summed E-state index contributed by atoms with van der Waals surface area (Å²) in [7, 11) is 1.40. The van der Waals surface area contributed by atoms with Gasteiger partial charge in [0.05, 0.1) is 4.90 Å². The maximum atomic E-state index is 11.1. The molecule has 0 aliphatic rings. The Hall–Kier alpha value is -1.07. The van der Waals surface area contributed by atoms with E-state index < -0.39 is 15.0 Å². The van der Waals surface area contributed by atoms with Gasteiger partial charge < -0.3 is 4.74 Å². The largest absolute Gasteiger partial charge is 0.426 e. The Kier molecular flexibility index (Phi) is 3.93. The molecule has 0 radical (unpaired) electrons. The van der Waals surface area contributed by atoms with E-state index in [2.05, 4.69) is 0 Å². The monoisotopic (exact) mass is 262 g/mol. The second kappa shape index (κ2) is 4.84. The second-order valence-corrected chi connectivity index (χ2v) is 5.81. The molecule has 1 rings (SSSR count). The van der Waals surface area contributed by atoms with Gasteiger partial charge >= 0.3 is 5.97 Å². The number of hydrogen-bond donors (Lipinski definition) is 0. The molecule has 88 valence electrons. The molecule has 6 heteroatoms. The predicted octanol–water partition coefficient (Wildman–Crippen LogP) is 2.24. The summed E-state index contributed by atoms with van der Waals surface area (Å²) < 4.78 is 27.2. The lowest BCUT2D eigenvalue weighted by atomic mass is 10.2. The summed E-state index contributed by atoms with van der Waals surface area (Å²) in [4.78, 5) is 11.0. The molecule has 16 heavy (non-hydrogen) atoms. The molecule has 0 heterocycles. The van der Waals surface area contributed by atoms with Crippen molar-refractivity contribution in [3.05, 3.63) is 23.8 Å². The highest BCUT2D eigenvalue weighted by Gasteiger charge is 2.13. The second-order valence-electron chi connectivity index (χ2n) is 3.25. The molecule has 0 N–H and O–H groups in total. The first-order chi connectivity index (χ1) is 7.32. The van der Waals surface area contributed by atoms with Crippen LogP contribution in [0.3, 0.4) is 0 Å². The molecule has 0 aliphatic heterocycles. The zero-order valence-electron chi connectivity index (χ0n) is 8.86. The van der Waals surface area contributed by atoms with Gasteiger partial charge in [-0.25, -0.2) is 8.42 Å². The number of halogens is 1. The number of esters is 1. The minimum absolute atomic E-state index is 0.0759. The Morgan fingerprint density at radius 2 is 2.00 bits per heavy atom. The Labute approximate surface area is 98.6 Å². The number of benzene rings is 1. The topological polar surface area (TPSA) is 60.4 Å². The van der Waals surface area contributed by atoms with Gasteiger partial charge in [0.1, 0.15) is 5.75 Å². The van der Waals surface area contributed by atoms with Gasteiger partial charge in [0, 0.05) is 23.2 Å². The van der Waals surface area contributed by atoms with E-state index in [4.69, 9.17) is 15.4 Å². The van der Waals surface area contributed by atoms with Gasteiger partial charge in [-0.1, -0.05) is 6.92 Å². The molecule has 0 saturated carbocycles. The van der Waals surface area contributed by atoms with Crippen molar-refractivity contribution in [1.29, 1.82) is 0 Å². The average molecular weight is 263 g/mol. The molecule has 0 spiro atoms. The SMILES string of the molecule is CCC(=O)Oc1cc(C)cc(S(=O)(=O)Cl)c1. The van der Waals surface area contributed by atoms with E-state index in [-0.39, 0.29) is 17.1 Å². The zero-order chi connectivity index (χ0) is 12.3. The molecule has 0 saturated heterocycles. The minimum atomic E-state index is -3.81. The van der Waals surface area contributed by atoms with Gasteiger partial charge in [0.2, 0.25) is 0 Å². The summed E-state index contributed by atoms with van der Waals surface area (Å²) in [5.74, 6) is -0.241. The van der Waals surface area contributed by atoms with Crippen LogP contribution in [0.5, 0.6) is 5.75 Å². The highest BCUT2D eigenvalue weighted by atomic mass is 35.7. The average Bonchev–Trinajstić information content (AvgIpc) is 2.15. The third-order valence-corrected chi connectivity index (χ3v) is 3.16. The van der Waals surface area contributed by atoms with E-state index in [9.17, 15) is 13.2 Å². The summed E-state index contributed by atoms with van der Waals surface area (Å²) in [5, 5.41) is 0. The minimum Gasteiger partial charge on any atom is -0.426 e.